The molecule has 0 aliphatic carbocycles. The highest BCUT2D eigenvalue weighted by Crippen LogP contribution is 2.23. The summed E-state index contributed by atoms with van der Waals surface area (Å²) in [4.78, 5) is 27.1. The fourth-order valence-electron chi connectivity index (χ4n) is 3.44. The highest BCUT2D eigenvalue weighted by atomic mass is 32.2. The molecule has 0 heterocycles. The smallest absolute Gasteiger partial charge is 0.244 e. The van der Waals surface area contributed by atoms with Crippen LogP contribution in [0.1, 0.15) is 43.4 Å². The molecule has 1 atom stereocenters. The van der Waals surface area contributed by atoms with E-state index in [1.54, 1.807) is 19.1 Å². The van der Waals surface area contributed by atoms with E-state index >= 15 is 0 Å². The number of carbonyl (C=O) groups is 2. The SMILES string of the molecule is CNC(=O)[C@H](C)N(Cc1cccc(C)c1)C(=O)CN(c1ccc(C(C)C)cc1)S(C)(=O)=O. The second-order valence-corrected chi connectivity index (χ2v) is 10.2. The van der Waals surface area contributed by atoms with Crippen molar-refractivity contribution in [2.24, 2.45) is 0 Å². The van der Waals surface area contributed by atoms with Crippen molar-refractivity contribution in [1.29, 1.82) is 0 Å². The minimum Gasteiger partial charge on any atom is -0.357 e. The molecule has 0 aliphatic heterocycles. The van der Waals surface area contributed by atoms with Crippen LogP contribution in [-0.4, -0.2) is 51.0 Å². The molecule has 2 aromatic rings. The van der Waals surface area contributed by atoms with Gasteiger partial charge in [0.05, 0.1) is 11.9 Å². The molecule has 1 N–H and O–H groups in total. The minimum absolute atomic E-state index is 0.193. The second kappa shape index (κ2) is 10.6. The molecule has 0 spiro atoms. The van der Waals surface area contributed by atoms with Gasteiger partial charge < -0.3 is 10.2 Å². The van der Waals surface area contributed by atoms with Crippen LogP contribution in [0.15, 0.2) is 48.5 Å². The van der Waals surface area contributed by atoms with Crippen LogP contribution in [0.5, 0.6) is 0 Å². The van der Waals surface area contributed by atoms with Crippen molar-refractivity contribution in [2.45, 2.75) is 46.2 Å². The van der Waals surface area contributed by atoms with Gasteiger partial charge >= 0.3 is 0 Å². The van der Waals surface area contributed by atoms with Crippen LogP contribution in [0.2, 0.25) is 0 Å². The average Bonchev–Trinajstić information content (AvgIpc) is 2.74. The Balaban J connectivity index is 2.37. The van der Waals surface area contributed by atoms with Crippen molar-refractivity contribution < 1.29 is 18.0 Å². The zero-order chi connectivity index (χ0) is 24.1. The summed E-state index contributed by atoms with van der Waals surface area (Å²) in [6.45, 7) is 7.48. The van der Waals surface area contributed by atoms with E-state index in [0.717, 1.165) is 27.3 Å². The summed E-state index contributed by atoms with van der Waals surface area (Å²) in [6.07, 6.45) is 1.07. The second-order valence-electron chi connectivity index (χ2n) is 8.32. The predicted octanol–water partition coefficient (Wildman–Crippen LogP) is 3.05. The number of likely N-dealkylation sites (N-methyl/N-ethyl adjacent to an activating group) is 1. The van der Waals surface area contributed by atoms with Gasteiger partial charge in [-0.3, -0.25) is 13.9 Å². The quantitative estimate of drug-likeness (QED) is 0.624. The number of nitrogens with one attached hydrogen (secondary N) is 1. The Labute approximate surface area is 191 Å². The van der Waals surface area contributed by atoms with Gasteiger partial charge in [0.2, 0.25) is 21.8 Å². The first kappa shape index (κ1) is 25.4. The Bertz CT molecular complexity index is 1050. The third kappa shape index (κ3) is 6.56. The molecule has 32 heavy (non-hydrogen) atoms. The molecule has 0 fully saturated rings. The van der Waals surface area contributed by atoms with Crippen LogP contribution >= 0.6 is 0 Å². The van der Waals surface area contributed by atoms with Gasteiger partial charge in [-0.2, -0.15) is 0 Å². The molecule has 0 aliphatic rings. The van der Waals surface area contributed by atoms with E-state index in [2.05, 4.69) is 19.2 Å². The molecule has 2 amide bonds. The van der Waals surface area contributed by atoms with E-state index in [1.165, 1.54) is 11.9 Å². The lowest BCUT2D eigenvalue weighted by molar-refractivity contribution is -0.139. The van der Waals surface area contributed by atoms with Crippen molar-refractivity contribution in [3.05, 3.63) is 65.2 Å². The predicted molar refractivity (Wildman–Crippen MR) is 128 cm³/mol. The van der Waals surface area contributed by atoms with Crippen LogP contribution in [0.4, 0.5) is 5.69 Å². The van der Waals surface area contributed by atoms with E-state index < -0.39 is 28.5 Å². The number of hydrogen-bond donors (Lipinski definition) is 1. The first-order chi connectivity index (χ1) is 14.9. The zero-order valence-electron chi connectivity index (χ0n) is 19.6. The van der Waals surface area contributed by atoms with Gasteiger partial charge in [-0.25, -0.2) is 8.42 Å². The molecular formula is C24H33N3O4S. The van der Waals surface area contributed by atoms with Gasteiger partial charge in [-0.05, 0) is 43.0 Å². The molecule has 2 aromatic carbocycles. The van der Waals surface area contributed by atoms with E-state index in [9.17, 15) is 18.0 Å². The van der Waals surface area contributed by atoms with Gasteiger partial charge in [0, 0.05) is 13.6 Å². The van der Waals surface area contributed by atoms with E-state index in [4.69, 9.17) is 0 Å². The van der Waals surface area contributed by atoms with Crippen LogP contribution in [0.25, 0.3) is 0 Å². The van der Waals surface area contributed by atoms with Crippen molar-refractivity contribution in [3.8, 4) is 0 Å². The van der Waals surface area contributed by atoms with Gasteiger partial charge in [-0.15, -0.1) is 0 Å². The summed E-state index contributed by atoms with van der Waals surface area (Å²) in [7, 11) is -2.22. The lowest BCUT2D eigenvalue weighted by Gasteiger charge is -2.31. The maximum atomic E-state index is 13.3. The number of sulfonamides is 1. The summed E-state index contributed by atoms with van der Waals surface area (Å²) >= 11 is 0. The molecule has 0 radical (unpaired) electrons. The monoisotopic (exact) mass is 459 g/mol. The number of amides is 2. The Kier molecular flexibility index (Phi) is 8.44. The Morgan fingerprint density at radius 2 is 1.66 bits per heavy atom. The zero-order valence-corrected chi connectivity index (χ0v) is 20.4. The minimum atomic E-state index is -3.73. The molecule has 0 aromatic heterocycles. The summed E-state index contributed by atoms with van der Waals surface area (Å²) in [5, 5.41) is 2.56. The van der Waals surface area contributed by atoms with Crippen LogP contribution in [0.3, 0.4) is 0 Å². The molecule has 0 saturated heterocycles. The summed E-state index contributed by atoms with van der Waals surface area (Å²) in [6, 6.07) is 14.0. The molecule has 0 unspecified atom stereocenters. The number of benzene rings is 2. The van der Waals surface area contributed by atoms with E-state index in [1.807, 2.05) is 43.3 Å². The average molecular weight is 460 g/mol. The number of rotatable bonds is 9. The number of nitrogens with zero attached hydrogens (tertiary/aromatic N) is 2. The highest BCUT2D eigenvalue weighted by molar-refractivity contribution is 7.92. The molecule has 7 nitrogen and oxygen atoms in total. The third-order valence-corrected chi connectivity index (χ3v) is 6.52. The molecule has 174 valence electrons. The topological polar surface area (TPSA) is 86.8 Å². The van der Waals surface area contributed by atoms with Gasteiger partial charge in [-0.1, -0.05) is 55.8 Å². The number of anilines is 1. The fourth-order valence-corrected chi connectivity index (χ4v) is 4.29. The lowest BCUT2D eigenvalue weighted by Crippen LogP contribution is -2.50. The van der Waals surface area contributed by atoms with Crippen molar-refractivity contribution >= 4 is 27.5 Å². The van der Waals surface area contributed by atoms with Crippen LogP contribution < -0.4 is 9.62 Å². The molecular weight excluding hydrogens is 426 g/mol. The Hall–Kier alpha value is -2.87. The maximum absolute atomic E-state index is 13.3. The third-order valence-electron chi connectivity index (χ3n) is 5.38. The Morgan fingerprint density at radius 3 is 2.16 bits per heavy atom. The van der Waals surface area contributed by atoms with E-state index in [-0.39, 0.29) is 12.5 Å². The van der Waals surface area contributed by atoms with Crippen molar-refractivity contribution in [2.75, 3.05) is 24.2 Å². The van der Waals surface area contributed by atoms with Gasteiger partial charge in [0.25, 0.3) is 0 Å². The fraction of sp³-hybridized carbons (Fsp3) is 0.417. The van der Waals surface area contributed by atoms with Crippen molar-refractivity contribution in [1.82, 2.24) is 10.2 Å². The number of carbonyl (C=O) groups excluding carboxylic acids is 2. The molecule has 2 rings (SSSR count). The number of hydrogen-bond acceptors (Lipinski definition) is 4. The molecule has 0 bridgehead atoms. The first-order valence-electron chi connectivity index (χ1n) is 10.6. The Morgan fingerprint density at radius 1 is 1.03 bits per heavy atom. The largest absolute Gasteiger partial charge is 0.357 e. The first-order valence-corrected chi connectivity index (χ1v) is 12.4. The molecule has 0 saturated carbocycles. The highest BCUT2D eigenvalue weighted by Gasteiger charge is 2.29. The summed E-state index contributed by atoms with van der Waals surface area (Å²) in [5.74, 6) is -0.477. The van der Waals surface area contributed by atoms with Gasteiger partial charge in [0.1, 0.15) is 12.6 Å². The standard InChI is InChI=1S/C24H33N3O4S/c1-17(2)21-10-12-22(13-11-21)27(32(6,30)31)16-23(28)26(19(4)24(29)25-5)15-20-9-7-8-18(3)14-20/h7-14,17,19H,15-16H2,1-6H3,(H,25,29)/t19-/m0/s1. The number of aryl methyl sites for hydroxylation is 1. The molecule has 8 heteroatoms. The van der Waals surface area contributed by atoms with E-state index in [0.29, 0.717) is 11.6 Å². The van der Waals surface area contributed by atoms with Crippen LogP contribution in [-0.2, 0) is 26.2 Å². The summed E-state index contributed by atoms with van der Waals surface area (Å²) < 4.78 is 26.2. The summed E-state index contributed by atoms with van der Waals surface area (Å²) in [5.41, 5.74) is 3.38. The van der Waals surface area contributed by atoms with Gasteiger partial charge in [0.15, 0.2) is 0 Å². The lowest BCUT2D eigenvalue weighted by atomic mass is 10.0. The van der Waals surface area contributed by atoms with Crippen LogP contribution in [0, 0.1) is 6.92 Å². The maximum Gasteiger partial charge on any atom is 0.244 e. The normalized spacial score (nSPS) is 12.3. The van der Waals surface area contributed by atoms with Crippen molar-refractivity contribution in [3.63, 3.8) is 0 Å².